The number of nitrogens with zero attached hydrogens (tertiary/aromatic N) is 1. The first-order valence-electron chi connectivity index (χ1n) is 7.92. The van der Waals surface area contributed by atoms with Gasteiger partial charge in [-0.05, 0) is 44.9 Å². The topological polar surface area (TPSA) is 44.4 Å². The van der Waals surface area contributed by atoms with Crippen molar-refractivity contribution in [3.63, 3.8) is 0 Å². The Morgan fingerprint density at radius 3 is 2.54 bits per heavy atom. The Hall–Kier alpha value is -2.18. The molecule has 1 aromatic carbocycles. The van der Waals surface area contributed by atoms with Crippen LogP contribution in [0.2, 0.25) is 0 Å². The summed E-state index contributed by atoms with van der Waals surface area (Å²) in [7, 11) is 0. The van der Waals surface area contributed by atoms with Gasteiger partial charge in [-0.3, -0.25) is 0 Å². The molecule has 7 heteroatoms. The molecule has 132 valence electrons. The number of hydrogen-bond acceptors (Lipinski definition) is 2. The Labute approximate surface area is 139 Å². The van der Waals surface area contributed by atoms with Gasteiger partial charge in [0.15, 0.2) is 0 Å². The summed E-state index contributed by atoms with van der Waals surface area (Å²) in [5.41, 5.74) is 0.557. The number of anilines is 1. The molecule has 2 N–H and O–H groups in total. The van der Waals surface area contributed by atoms with Crippen molar-refractivity contribution in [2.75, 3.05) is 18.4 Å². The maximum Gasteiger partial charge on any atom is 0.416 e. The molecule has 0 unspecified atom stereocenters. The van der Waals surface area contributed by atoms with Gasteiger partial charge in [0, 0.05) is 30.5 Å². The lowest BCUT2D eigenvalue weighted by Gasteiger charge is -2.34. The van der Waals surface area contributed by atoms with E-state index in [2.05, 4.69) is 15.5 Å². The van der Waals surface area contributed by atoms with E-state index in [9.17, 15) is 18.0 Å². The fraction of sp³-hybridized carbons (Fsp3) is 0.471. The number of carbonyl (C=O) groups excluding carboxylic acids is 1. The van der Waals surface area contributed by atoms with Crippen LogP contribution in [0.1, 0.15) is 32.3 Å². The summed E-state index contributed by atoms with van der Waals surface area (Å²) < 4.78 is 38.0. The number of allylic oxidation sites excluding steroid dienone is 2. The van der Waals surface area contributed by atoms with Crippen LogP contribution in [0.25, 0.3) is 0 Å². The standard InChI is InChI=1S/C17H22F3N3O/c1-3-12(2)23-9-7-14(8-10-23)21-16(24)22-15-6-4-5-13(11-15)17(18,19)20/h3-6,11,14H,7-10H2,1-2H3,(H2,21,22,24)/b12-3+. The maximum atomic E-state index is 12.7. The Morgan fingerprint density at radius 1 is 1.29 bits per heavy atom. The number of amides is 2. The summed E-state index contributed by atoms with van der Waals surface area (Å²) in [6.45, 7) is 5.74. The second-order valence-corrected chi connectivity index (χ2v) is 5.87. The number of hydrogen-bond donors (Lipinski definition) is 2. The summed E-state index contributed by atoms with van der Waals surface area (Å²) in [5.74, 6) is 0. The molecule has 1 aliphatic rings. The maximum absolute atomic E-state index is 12.7. The minimum Gasteiger partial charge on any atom is -0.375 e. The van der Waals surface area contributed by atoms with Gasteiger partial charge >= 0.3 is 12.2 Å². The number of alkyl halides is 3. The number of rotatable bonds is 3. The lowest BCUT2D eigenvalue weighted by molar-refractivity contribution is -0.137. The van der Waals surface area contributed by atoms with Crippen LogP contribution in [-0.4, -0.2) is 30.1 Å². The predicted octanol–water partition coefficient (Wildman–Crippen LogP) is 4.22. The average Bonchev–Trinajstić information content (AvgIpc) is 2.54. The van der Waals surface area contributed by atoms with Gasteiger partial charge in [0.05, 0.1) is 5.56 Å². The lowest BCUT2D eigenvalue weighted by atomic mass is 10.0. The van der Waals surface area contributed by atoms with Gasteiger partial charge in [0.2, 0.25) is 0 Å². The number of nitrogens with one attached hydrogen (secondary N) is 2. The van der Waals surface area contributed by atoms with Crippen LogP contribution < -0.4 is 10.6 Å². The second-order valence-electron chi connectivity index (χ2n) is 5.87. The van der Waals surface area contributed by atoms with Crippen LogP contribution in [0.3, 0.4) is 0 Å². The third-order valence-electron chi connectivity index (χ3n) is 4.19. The molecule has 0 radical (unpaired) electrons. The molecule has 1 saturated heterocycles. The monoisotopic (exact) mass is 341 g/mol. The first-order chi connectivity index (χ1) is 11.3. The Bertz CT molecular complexity index is 605. The molecule has 0 saturated carbocycles. The van der Waals surface area contributed by atoms with Crippen LogP contribution in [0, 0.1) is 0 Å². The van der Waals surface area contributed by atoms with E-state index < -0.39 is 17.8 Å². The van der Waals surface area contributed by atoms with Crippen molar-refractivity contribution in [2.45, 2.75) is 38.9 Å². The molecule has 4 nitrogen and oxygen atoms in total. The van der Waals surface area contributed by atoms with Crippen LogP contribution >= 0.6 is 0 Å². The molecular weight excluding hydrogens is 319 g/mol. The molecule has 1 fully saturated rings. The molecule has 0 atom stereocenters. The molecule has 0 bridgehead atoms. The van der Waals surface area contributed by atoms with Crippen LogP contribution in [0.5, 0.6) is 0 Å². The highest BCUT2D eigenvalue weighted by molar-refractivity contribution is 5.89. The van der Waals surface area contributed by atoms with Gasteiger partial charge in [0.1, 0.15) is 0 Å². The summed E-state index contributed by atoms with van der Waals surface area (Å²) in [6, 6.07) is 4.16. The van der Waals surface area contributed by atoms with E-state index in [-0.39, 0.29) is 11.7 Å². The second kappa shape index (κ2) is 7.59. The van der Waals surface area contributed by atoms with Gasteiger partial charge in [0.25, 0.3) is 0 Å². The van der Waals surface area contributed by atoms with E-state index in [0.29, 0.717) is 0 Å². The number of halogens is 3. The largest absolute Gasteiger partial charge is 0.416 e. The number of likely N-dealkylation sites (tertiary alicyclic amines) is 1. The molecule has 2 rings (SSSR count). The normalized spacial score (nSPS) is 16.9. The van der Waals surface area contributed by atoms with Crippen LogP contribution in [0.15, 0.2) is 36.0 Å². The summed E-state index contributed by atoms with van der Waals surface area (Å²) in [5, 5.41) is 5.30. The van der Waals surface area contributed by atoms with E-state index in [4.69, 9.17) is 0 Å². The van der Waals surface area contributed by atoms with E-state index >= 15 is 0 Å². The number of carbonyl (C=O) groups is 1. The summed E-state index contributed by atoms with van der Waals surface area (Å²) in [4.78, 5) is 14.2. The SMILES string of the molecule is C/C=C(\C)N1CCC(NC(=O)Nc2cccc(C(F)(F)F)c2)CC1. The zero-order valence-electron chi connectivity index (χ0n) is 13.8. The molecule has 1 aromatic rings. The lowest BCUT2D eigenvalue weighted by Crippen LogP contribution is -2.45. The summed E-state index contributed by atoms with van der Waals surface area (Å²) >= 11 is 0. The van der Waals surface area contributed by atoms with Crippen LogP contribution in [0.4, 0.5) is 23.7 Å². The van der Waals surface area contributed by atoms with E-state index in [1.165, 1.54) is 17.8 Å². The van der Waals surface area contributed by atoms with Crippen molar-refractivity contribution < 1.29 is 18.0 Å². The Balaban J connectivity index is 1.86. The van der Waals surface area contributed by atoms with Crippen molar-refractivity contribution >= 4 is 11.7 Å². The fourth-order valence-electron chi connectivity index (χ4n) is 2.68. The molecule has 0 aliphatic carbocycles. The Morgan fingerprint density at radius 2 is 1.96 bits per heavy atom. The molecule has 1 heterocycles. The highest BCUT2D eigenvalue weighted by Gasteiger charge is 2.30. The van der Waals surface area contributed by atoms with E-state index in [0.717, 1.165) is 38.1 Å². The van der Waals surface area contributed by atoms with E-state index in [1.54, 1.807) is 0 Å². The van der Waals surface area contributed by atoms with Crippen molar-refractivity contribution in [3.05, 3.63) is 41.6 Å². The van der Waals surface area contributed by atoms with Crippen molar-refractivity contribution in [3.8, 4) is 0 Å². The summed E-state index contributed by atoms with van der Waals surface area (Å²) in [6.07, 6.45) is -0.762. The smallest absolute Gasteiger partial charge is 0.375 e. The van der Waals surface area contributed by atoms with Crippen molar-refractivity contribution in [2.24, 2.45) is 0 Å². The molecule has 1 aliphatic heterocycles. The zero-order chi connectivity index (χ0) is 17.7. The quantitative estimate of drug-likeness (QED) is 0.865. The van der Waals surface area contributed by atoms with Gasteiger partial charge in [-0.25, -0.2) is 4.79 Å². The predicted molar refractivity (Wildman–Crippen MR) is 87.6 cm³/mol. The van der Waals surface area contributed by atoms with Crippen molar-refractivity contribution in [1.29, 1.82) is 0 Å². The zero-order valence-corrected chi connectivity index (χ0v) is 13.8. The van der Waals surface area contributed by atoms with Crippen LogP contribution in [-0.2, 0) is 6.18 Å². The molecule has 24 heavy (non-hydrogen) atoms. The number of piperidine rings is 1. The molecule has 0 aromatic heterocycles. The molecular formula is C17H22F3N3O. The highest BCUT2D eigenvalue weighted by Crippen LogP contribution is 2.30. The Kier molecular flexibility index (Phi) is 5.75. The van der Waals surface area contributed by atoms with Gasteiger partial charge in [-0.15, -0.1) is 0 Å². The van der Waals surface area contributed by atoms with E-state index in [1.807, 2.05) is 19.9 Å². The highest BCUT2D eigenvalue weighted by atomic mass is 19.4. The third kappa shape index (κ3) is 4.91. The first-order valence-corrected chi connectivity index (χ1v) is 7.92. The number of urea groups is 1. The van der Waals surface area contributed by atoms with Gasteiger partial charge < -0.3 is 15.5 Å². The average molecular weight is 341 g/mol. The van der Waals surface area contributed by atoms with Gasteiger partial charge in [-0.2, -0.15) is 13.2 Å². The molecule has 2 amide bonds. The van der Waals surface area contributed by atoms with Crippen molar-refractivity contribution in [1.82, 2.24) is 10.2 Å². The first kappa shape index (κ1) is 18.2. The fourth-order valence-corrected chi connectivity index (χ4v) is 2.68. The van der Waals surface area contributed by atoms with Gasteiger partial charge in [-0.1, -0.05) is 12.1 Å². The number of benzene rings is 1. The third-order valence-corrected chi connectivity index (χ3v) is 4.19. The minimum absolute atomic E-state index is 0.0247. The molecule has 0 spiro atoms. The minimum atomic E-state index is -4.42.